The van der Waals surface area contributed by atoms with Gasteiger partial charge in [0.25, 0.3) is 0 Å². The Hall–Kier alpha value is -3.90. The molecule has 6 heteroatoms. The number of rotatable bonds is 7. The van der Waals surface area contributed by atoms with Gasteiger partial charge in [0.1, 0.15) is 22.2 Å². The molecule has 5 aromatic rings. The summed E-state index contributed by atoms with van der Waals surface area (Å²) in [6, 6.07) is 26.6. The zero-order chi connectivity index (χ0) is 23.5. The number of aromatic nitrogens is 2. The van der Waals surface area contributed by atoms with Crippen LogP contribution in [0.15, 0.2) is 78.9 Å². The molecule has 0 fully saturated rings. The molecule has 0 aliphatic carbocycles. The number of fused-ring (bicyclic) bond motifs is 1. The number of hydrogen-bond donors (Lipinski definition) is 2. The first-order valence-electron chi connectivity index (χ1n) is 11.3. The van der Waals surface area contributed by atoms with Gasteiger partial charge in [-0.25, -0.2) is 9.97 Å². The second kappa shape index (κ2) is 9.53. The molecule has 0 radical (unpaired) electrons. The third-order valence-electron chi connectivity index (χ3n) is 5.50. The number of para-hydroxylation sites is 1. The Morgan fingerprint density at radius 3 is 2.09 bits per heavy atom. The predicted octanol–water partition coefficient (Wildman–Crippen LogP) is 7.86. The van der Waals surface area contributed by atoms with E-state index < -0.39 is 0 Å². The van der Waals surface area contributed by atoms with Gasteiger partial charge in [-0.1, -0.05) is 30.3 Å². The molecule has 0 amide bonds. The molecule has 0 aliphatic heterocycles. The molecule has 0 spiro atoms. The summed E-state index contributed by atoms with van der Waals surface area (Å²) >= 11 is 1.70. The first-order valence-corrected chi connectivity index (χ1v) is 12.1. The van der Waals surface area contributed by atoms with Gasteiger partial charge in [-0.05, 0) is 74.9 Å². The Morgan fingerprint density at radius 1 is 0.765 bits per heavy atom. The summed E-state index contributed by atoms with van der Waals surface area (Å²) in [5.41, 5.74) is 5.35. The Labute approximate surface area is 203 Å². The summed E-state index contributed by atoms with van der Waals surface area (Å²) in [6.45, 7) is 6.72. The molecule has 34 heavy (non-hydrogen) atoms. The van der Waals surface area contributed by atoms with Crippen LogP contribution in [0.3, 0.4) is 0 Å². The molecule has 2 aromatic heterocycles. The van der Waals surface area contributed by atoms with Crippen LogP contribution in [-0.2, 0) is 0 Å². The topological polar surface area (TPSA) is 59.1 Å². The molecule has 0 saturated carbocycles. The molecular formula is C28H26N4OS. The summed E-state index contributed by atoms with van der Waals surface area (Å²) in [5, 5.41) is 8.00. The van der Waals surface area contributed by atoms with Crippen LogP contribution in [0.2, 0.25) is 0 Å². The van der Waals surface area contributed by atoms with Crippen molar-refractivity contribution in [3.8, 4) is 16.9 Å². The minimum Gasteiger partial charge on any atom is -0.494 e. The van der Waals surface area contributed by atoms with E-state index in [1.165, 1.54) is 4.88 Å². The number of anilines is 4. The average molecular weight is 467 g/mol. The fraction of sp³-hybridized carbons (Fsp3) is 0.143. The predicted molar refractivity (Wildman–Crippen MR) is 143 cm³/mol. The minimum absolute atomic E-state index is 0.653. The van der Waals surface area contributed by atoms with Crippen LogP contribution < -0.4 is 15.4 Å². The van der Waals surface area contributed by atoms with E-state index in [1.54, 1.807) is 11.3 Å². The minimum atomic E-state index is 0.653. The molecule has 170 valence electrons. The zero-order valence-corrected chi connectivity index (χ0v) is 20.2. The van der Waals surface area contributed by atoms with Crippen molar-refractivity contribution in [1.82, 2.24) is 9.97 Å². The van der Waals surface area contributed by atoms with Gasteiger partial charge < -0.3 is 15.4 Å². The van der Waals surface area contributed by atoms with Crippen molar-refractivity contribution in [1.29, 1.82) is 0 Å². The van der Waals surface area contributed by atoms with E-state index in [2.05, 4.69) is 54.0 Å². The monoisotopic (exact) mass is 466 g/mol. The molecule has 0 unspecified atom stereocenters. The van der Waals surface area contributed by atoms with E-state index in [1.807, 2.05) is 56.3 Å². The molecule has 5 nitrogen and oxygen atoms in total. The number of hydrogen-bond acceptors (Lipinski definition) is 6. The third-order valence-corrected chi connectivity index (χ3v) is 6.50. The van der Waals surface area contributed by atoms with E-state index in [0.717, 1.165) is 55.8 Å². The summed E-state index contributed by atoms with van der Waals surface area (Å²) in [4.78, 5) is 11.7. The lowest BCUT2D eigenvalue weighted by Crippen LogP contribution is -1.99. The first kappa shape index (κ1) is 21.9. The molecule has 2 N–H and O–H groups in total. The second-order valence-corrected chi connectivity index (χ2v) is 9.19. The maximum absolute atomic E-state index is 5.62. The van der Waals surface area contributed by atoms with Crippen molar-refractivity contribution in [2.75, 3.05) is 17.2 Å². The van der Waals surface area contributed by atoms with Crippen molar-refractivity contribution >= 4 is 44.4 Å². The highest BCUT2D eigenvalue weighted by Gasteiger charge is 2.18. The Morgan fingerprint density at radius 2 is 1.41 bits per heavy atom. The van der Waals surface area contributed by atoms with Crippen LogP contribution in [0.4, 0.5) is 22.9 Å². The normalized spacial score (nSPS) is 10.9. The summed E-state index contributed by atoms with van der Waals surface area (Å²) in [6.07, 6.45) is 0. The molecule has 2 heterocycles. The first-order chi connectivity index (χ1) is 16.6. The molecule has 0 bridgehead atoms. The van der Waals surface area contributed by atoms with Crippen LogP contribution in [-0.4, -0.2) is 16.6 Å². The number of thiophene rings is 1. The average Bonchev–Trinajstić information content (AvgIpc) is 3.17. The van der Waals surface area contributed by atoms with Gasteiger partial charge in [0.2, 0.25) is 0 Å². The maximum atomic E-state index is 5.62. The summed E-state index contributed by atoms with van der Waals surface area (Å²) < 4.78 is 5.62. The standard InChI is InChI=1S/C28H26N4OS/c1-4-33-24-16-10-20(11-17-24)25-18(2)34-28-26(25)27(29-19(3)30-28)32-23-14-12-22(13-15-23)31-21-8-6-5-7-9-21/h5-17,31H,4H2,1-3H3,(H,29,30,32). The van der Waals surface area contributed by atoms with Crippen LogP contribution in [0.25, 0.3) is 21.3 Å². The van der Waals surface area contributed by atoms with Gasteiger partial charge in [0.05, 0.1) is 12.0 Å². The molecule has 0 saturated heterocycles. The van der Waals surface area contributed by atoms with Crippen LogP contribution >= 0.6 is 11.3 Å². The molecule has 0 aliphatic rings. The lowest BCUT2D eigenvalue weighted by Gasteiger charge is -2.12. The Balaban J connectivity index is 1.48. The van der Waals surface area contributed by atoms with Crippen molar-refractivity contribution in [2.45, 2.75) is 20.8 Å². The second-order valence-electron chi connectivity index (χ2n) is 7.98. The van der Waals surface area contributed by atoms with Crippen LogP contribution in [0.5, 0.6) is 5.75 Å². The molecular weight excluding hydrogens is 440 g/mol. The van der Waals surface area contributed by atoms with E-state index in [0.29, 0.717) is 6.61 Å². The lowest BCUT2D eigenvalue weighted by atomic mass is 10.0. The van der Waals surface area contributed by atoms with E-state index >= 15 is 0 Å². The highest BCUT2D eigenvalue weighted by atomic mass is 32.1. The summed E-state index contributed by atoms with van der Waals surface area (Å²) in [7, 11) is 0. The SMILES string of the molecule is CCOc1ccc(-c2c(C)sc3nc(C)nc(Nc4ccc(Nc5ccccc5)cc4)c23)cc1. The highest BCUT2D eigenvalue weighted by Crippen LogP contribution is 2.41. The number of nitrogens with zero attached hydrogens (tertiary/aromatic N) is 2. The van der Waals surface area contributed by atoms with Crippen LogP contribution in [0.1, 0.15) is 17.6 Å². The van der Waals surface area contributed by atoms with Crippen molar-refractivity contribution in [3.63, 3.8) is 0 Å². The van der Waals surface area contributed by atoms with Gasteiger partial charge in [0, 0.05) is 27.5 Å². The summed E-state index contributed by atoms with van der Waals surface area (Å²) in [5.74, 6) is 2.44. The van der Waals surface area contributed by atoms with Gasteiger partial charge in [-0.3, -0.25) is 0 Å². The molecule has 0 atom stereocenters. The Bertz CT molecular complexity index is 1410. The van der Waals surface area contributed by atoms with Gasteiger partial charge in [-0.2, -0.15) is 0 Å². The third kappa shape index (κ3) is 4.58. The number of ether oxygens (including phenoxy) is 1. The zero-order valence-electron chi connectivity index (χ0n) is 19.4. The van der Waals surface area contributed by atoms with Gasteiger partial charge in [-0.15, -0.1) is 11.3 Å². The van der Waals surface area contributed by atoms with E-state index in [4.69, 9.17) is 14.7 Å². The van der Waals surface area contributed by atoms with Gasteiger partial charge in [0.15, 0.2) is 0 Å². The molecule has 3 aromatic carbocycles. The maximum Gasteiger partial charge on any atom is 0.143 e. The number of nitrogens with one attached hydrogen (secondary N) is 2. The van der Waals surface area contributed by atoms with Crippen molar-refractivity contribution in [3.05, 3.63) is 89.6 Å². The quantitative estimate of drug-likeness (QED) is 0.256. The van der Waals surface area contributed by atoms with Gasteiger partial charge >= 0.3 is 0 Å². The smallest absolute Gasteiger partial charge is 0.143 e. The fourth-order valence-corrected chi connectivity index (χ4v) is 5.09. The lowest BCUT2D eigenvalue weighted by molar-refractivity contribution is 0.340. The Kier molecular flexibility index (Phi) is 6.14. The largest absolute Gasteiger partial charge is 0.494 e. The number of aryl methyl sites for hydroxylation is 2. The number of benzene rings is 3. The highest BCUT2D eigenvalue weighted by molar-refractivity contribution is 7.19. The van der Waals surface area contributed by atoms with E-state index in [-0.39, 0.29) is 0 Å². The van der Waals surface area contributed by atoms with Crippen molar-refractivity contribution in [2.24, 2.45) is 0 Å². The van der Waals surface area contributed by atoms with E-state index in [9.17, 15) is 0 Å². The fourth-order valence-electron chi connectivity index (χ4n) is 4.00. The van der Waals surface area contributed by atoms with Crippen molar-refractivity contribution < 1.29 is 4.74 Å². The van der Waals surface area contributed by atoms with Crippen LogP contribution in [0, 0.1) is 13.8 Å². The molecule has 5 rings (SSSR count).